The molecule has 1 fully saturated rings. The average Bonchev–Trinajstić information content (AvgIpc) is 2.76. The van der Waals surface area contributed by atoms with Crippen LogP contribution in [-0.2, 0) is 4.79 Å². The first-order valence-electron chi connectivity index (χ1n) is 7.34. The minimum atomic E-state index is -1.08. The molecule has 1 amide bonds. The van der Waals surface area contributed by atoms with Gasteiger partial charge in [-0.2, -0.15) is 0 Å². The van der Waals surface area contributed by atoms with Crippen molar-refractivity contribution in [2.24, 2.45) is 5.92 Å². The number of anilines is 1. The second-order valence-corrected chi connectivity index (χ2v) is 5.39. The molecule has 0 aromatic heterocycles. The molecule has 1 aromatic carbocycles. The molecule has 0 radical (unpaired) electrons. The van der Waals surface area contributed by atoms with E-state index < -0.39 is 5.97 Å². The van der Waals surface area contributed by atoms with E-state index in [2.05, 4.69) is 5.32 Å². The van der Waals surface area contributed by atoms with Crippen LogP contribution in [0.1, 0.15) is 48.9 Å². The van der Waals surface area contributed by atoms with E-state index >= 15 is 0 Å². The number of carbonyl (C=O) groups excluding carboxylic acids is 1. The monoisotopic (exact) mass is 291 g/mol. The summed E-state index contributed by atoms with van der Waals surface area (Å²) in [5.74, 6) is -0.717. The fourth-order valence-electron chi connectivity index (χ4n) is 2.71. The molecule has 5 nitrogen and oxygen atoms in total. The highest BCUT2D eigenvalue weighted by Gasteiger charge is 2.22. The number of hydrogen-bond donors (Lipinski definition) is 2. The first kappa shape index (κ1) is 15.4. The molecule has 1 saturated carbocycles. The van der Waals surface area contributed by atoms with E-state index in [0.717, 1.165) is 25.7 Å². The molecule has 1 aliphatic carbocycles. The number of ether oxygens (including phenoxy) is 1. The van der Waals surface area contributed by atoms with Crippen LogP contribution in [0.5, 0.6) is 5.75 Å². The maximum Gasteiger partial charge on any atom is 0.337 e. The zero-order chi connectivity index (χ0) is 15.2. The van der Waals surface area contributed by atoms with Crippen LogP contribution in [0.4, 0.5) is 5.69 Å². The normalized spacial score (nSPS) is 16.0. The largest absolute Gasteiger partial charge is 0.497 e. The van der Waals surface area contributed by atoms with E-state index in [9.17, 15) is 14.7 Å². The number of aromatic carboxylic acids is 1. The Morgan fingerprint density at radius 1 is 1.19 bits per heavy atom. The van der Waals surface area contributed by atoms with E-state index in [0.29, 0.717) is 11.4 Å². The van der Waals surface area contributed by atoms with Gasteiger partial charge < -0.3 is 15.2 Å². The van der Waals surface area contributed by atoms with Crippen LogP contribution in [0, 0.1) is 5.92 Å². The number of carboxylic acids is 1. The molecule has 1 aliphatic rings. The van der Waals surface area contributed by atoms with Crippen molar-refractivity contribution < 1.29 is 19.4 Å². The van der Waals surface area contributed by atoms with Crippen LogP contribution < -0.4 is 10.1 Å². The van der Waals surface area contributed by atoms with Gasteiger partial charge in [0.05, 0.1) is 18.4 Å². The van der Waals surface area contributed by atoms with Crippen molar-refractivity contribution in [1.29, 1.82) is 0 Å². The number of benzene rings is 1. The second kappa shape index (κ2) is 7.11. The summed E-state index contributed by atoms with van der Waals surface area (Å²) < 4.78 is 5.02. The third-order valence-corrected chi connectivity index (χ3v) is 3.94. The SMILES string of the molecule is COc1ccc(NC(=O)C2CCCCCC2)c(C(=O)O)c1. The Morgan fingerprint density at radius 3 is 2.43 bits per heavy atom. The number of rotatable bonds is 4. The van der Waals surface area contributed by atoms with Crippen molar-refractivity contribution in [3.63, 3.8) is 0 Å². The molecule has 5 heteroatoms. The lowest BCUT2D eigenvalue weighted by atomic mass is 9.99. The van der Waals surface area contributed by atoms with Crippen LogP contribution in [0.25, 0.3) is 0 Å². The van der Waals surface area contributed by atoms with Gasteiger partial charge in [0.15, 0.2) is 0 Å². The van der Waals surface area contributed by atoms with Gasteiger partial charge in [-0.3, -0.25) is 4.79 Å². The smallest absolute Gasteiger partial charge is 0.337 e. The molecule has 2 rings (SSSR count). The van der Waals surface area contributed by atoms with Gasteiger partial charge in [0.2, 0.25) is 5.91 Å². The van der Waals surface area contributed by atoms with Crippen molar-refractivity contribution in [3.05, 3.63) is 23.8 Å². The average molecular weight is 291 g/mol. The maximum atomic E-state index is 12.3. The van der Waals surface area contributed by atoms with E-state index in [4.69, 9.17) is 4.74 Å². The lowest BCUT2D eigenvalue weighted by molar-refractivity contribution is -0.120. The molecular weight excluding hydrogens is 270 g/mol. The summed E-state index contributed by atoms with van der Waals surface area (Å²) in [5.41, 5.74) is 0.383. The van der Waals surface area contributed by atoms with Crippen LogP contribution in [0.15, 0.2) is 18.2 Å². The molecule has 114 valence electrons. The van der Waals surface area contributed by atoms with Crippen molar-refractivity contribution in [2.45, 2.75) is 38.5 Å². The molecule has 0 bridgehead atoms. The number of methoxy groups -OCH3 is 1. The molecule has 0 aliphatic heterocycles. The standard InChI is InChI=1S/C16H21NO4/c1-21-12-8-9-14(13(10-12)16(19)20)17-15(18)11-6-4-2-3-5-7-11/h8-11H,2-7H2,1H3,(H,17,18)(H,19,20). The minimum absolute atomic E-state index is 0.0174. The van der Waals surface area contributed by atoms with Crippen LogP contribution >= 0.6 is 0 Å². The number of nitrogens with one attached hydrogen (secondary N) is 1. The summed E-state index contributed by atoms with van der Waals surface area (Å²) in [5, 5.41) is 12.0. The predicted octanol–water partition coefficient (Wildman–Crippen LogP) is 3.30. The fraction of sp³-hybridized carbons (Fsp3) is 0.500. The molecular formula is C16H21NO4. The van der Waals surface area contributed by atoms with Crippen LogP contribution in [-0.4, -0.2) is 24.1 Å². The first-order valence-corrected chi connectivity index (χ1v) is 7.34. The molecule has 1 aromatic rings. The van der Waals surface area contributed by atoms with Gasteiger partial charge in [0, 0.05) is 5.92 Å². The van der Waals surface area contributed by atoms with E-state index in [1.54, 1.807) is 12.1 Å². The predicted molar refractivity (Wildman–Crippen MR) is 79.8 cm³/mol. The van der Waals surface area contributed by atoms with Crippen molar-refractivity contribution in [1.82, 2.24) is 0 Å². The van der Waals surface area contributed by atoms with Gasteiger partial charge in [-0.15, -0.1) is 0 Å². The Balaban J connectivity index is 2.14. The molecule has 21 heavy (non-hydrogen) atoms. The van der Waals surface area contributed by atoms with Crippen molar-refractivity contribution >= 4 is 17.6 Å². The Hall–Kier alpha value is -2.04. The number of carbonyl (C=O) groups is 2. The lowest BCUT2D eigenvalue weighted by Crippen LogP contribution is -2.23. The quantitative estimate of drug-likeness (QED) is 0.835. The van der Waals surface area contributed by atoms with E-state index in [1.807, 2.05) is 0 Å². The Bertz CT molecular complexity index is 519. The molecule has 0 unspecified atom stereocenters. The third-order valence-electron chi connectivity index (χ3n) is 3.94. The number of hydrogen-bond acceptors (Lipinski definition) is 3. The number of carboxylic acid groups (broad SMARTS) is 1. The summed E-state index contributed by atoms with van der Waals surface area (Å²) in [7, 11) is 1.48. The van der Waals surface area contributed by atoms with E-state index in [-0.39, 0.29) is 17.4 Å². The van der Waals surface area contributed by atoms with Gasteiger partial charge in [0.1, 0.15) is 5.75 Å². The third kappa shape index (κ3) is 3.97. The van der Waals surface area contributed by atoms with Gasteiger partial charge in [-0.25, -0.2) is 4.79 Å². The number of amides is 1. The maximum absolute atomic E-state index is 12.3. The molecule has 0 spiro atoms. The van der Waals surface area contributed by atoms with Crippen LogP contribution in [0.2, 0.25) is 0 Å². The zero-order valence-corrected chi connectivity index (χ0v) is 12.2. The van der Waals surface area contributed by atoms with Gasteiger partial charge in [-0.1, -0.05) is 25.7 Å². The molecule has 0 atom stereocenters. The summed E-state index contributed by atoms with van der Waals surface area (Å²) in [6.07, 6.45) is 6.23. The zero-order valence-electron chi connectivity index (χ0n) is 12.2. The van der Waals surface area contributed by atoms with Crippen molar-refractivity contribution in [2.75, 3.05) is 12.4 Å². The summed E-state index contributed by atoms with van der Waals surface area (Å²) in [6.45, 7) is 0. The summed E-state index contributed by atoms with van der Waals surface area (Å²) in [6, 6.07) is 4.65. The Kier molecular flexibility index (Phi) is 5.20. The summed E-state index contributed by atoms with van der Waals surface area (Å²) >= 11 is 0. The first-order chi connectivity index (χ1) is 10.1. The van der Waals surface area contributed by atoms with Gasteiger partial charge in [-0.05, 0) is 31.0 Å². The second-order valence-electron chi connectivity index (χ2n) is 5.39. The Labute approximate surface area is 124 Å². The van der Waals surface area contributed by atoms with Crippen molar-refractivity contribution in [3.8, 4) is 5.75 Å². The van der Waals surface area contributed by atoms with E-state index in [1.165, 1.54) is 26.0 Å². The highest BCUT2D eigenvalue weighted by Crippen LogP contribution is 2.26. The highest BCUT2D eigenvalue weighted by molar-refractivity contribution is 6.01. The Morgan fingerprint density at radius 2 is 1.86 bits per heavy atom. The topological polar surface area (TPSA) is 75.6 Å². The highest BCUT2D eigenvalue weighted by atomic mass is 16.5. The van der Waals surface area contributed by atoms with Gasteiger partial charge in [0.25, 0.3) is 0 Å². The molecule has 2 N–H and O–H groups in total. The summed E-state index contributed by atoms with van der Waals surface area (Å²) in [4.78, 5) is 23.6. The lowest BCUT2D eigenvalue weighted by Gasteiger charge is -2.15. The minimum Gasteiger partial charge on any atom is -0.497 e. The molecule has 0 saturated heterocycles. The van der Waals surface area contributed by atoms with Gasteiger partial charge >= 0.3 is 5.97 Å². The van der Waals surface area contributed by atoms with Crippen LogP contribution in [0.3, 0.4) is 0 Å². The molecule has 0 heterocycles. The fourth-order valence-corrected chi connectivity index (χ4v) is 2.71.